The van der Waals surface area contributed by atoms with E-state index in [9.17, 15) is 27.6 Å². The van der Waals surface area contributed by atoms with Crippen molar-refractivity contribution in [2.24, 2.45) is 12.8 Å². The summed E-state index contributed by atoms with van der Waals surface area (Å²) in [5.74, 6) is 1.06. The molecule has 2 aromatic heterocycles. The lowest BCUT2D eigenvalue weighted by molar-refractivity contribution is -0.140. The Labute approximate surface area is 255 Å². The summed E-state index contributed by atoms with van der Waals surface area (Å²) in [6, 6.07) is 4.38. The van der Waals surface area contributed by atoms with Crippen LogP contribution in [-0.4, -0.2) is 85.7 Å². The number of nitrogens with two attached hydrogens (primary N) is 1. The summed E-state index contributed by atoms with van der Waals surface area (Å²) in [5.41, 5.74) is 4.81. The molecule has 12 nitrogen and oxygen atoms in total. The van der Waals surface area contributed by atoms with Gasteiger partial charge in [-0.3, -0.25) is 14.7 Å². The van der Waals surface area contributed by atoms with E-state index in [0.29, 0.717) is 26.2 Å². The monoisotopic (exact) mass is 631 g/mol. The molecular weight excluding hydrogens is 603 g/mol. The van der Waals surface area contributed by atoms with Crippen molar-refractivity contribution in [3.05, 3.63) is 52.2 Å². The van der Waals surface area contributed by atoms with Gasteiger partial charge in [-0.2, -0.15) is 18.3 Å². The van der Waals surface area contributed by atoms with Gasteiger partial charge in [-0.05, 0) is 31.0 Å². The predicted octanol–water partition coefficient (Wildman–Crippen LogP) is 2.87. The van der Waals surface area contributed by atoms with Gasteiger partial charge in [-0.1, -0.05) is 11.6 Å². The lowest BCUT2D eigenvalue weighted by atomic mass is 9.88. The first-order chi connectivity index (χ1) is 20.9. The quantitative estimate of drug-likeness (QED) is 0.307. The van der Waals surface area contributed by atoms with Gasteiger partial charge in [-0.25, -0.2) is 9.78 Å². The van der Waals surface area contributed by atoms with Crippen molar-refractivity contribution < 1.29 is 27.6 Å². The number of aromatic amines is 1. The van der Waals surface area contributed by atoms with Gasteiger partial charge in [0.1, 0.15) is 0 Å². The number of rotatable bonds is 6. The second-order valence-electron chi connectivity index (χ2n) is 10.6. The number of alkyl halides is 3. The van der Waals surface area contributed by atoms with Crippen molar-refractivity contribution in [3.63, 3.8) is 0 Å². The second-order valence-corrected chi connectivity index (χ2v) is 11.0. The number of hydrogen-bond donors (Lipinski definition) is 4. The first kappa shape index (κ1) is 30.9. The zero-order valence-corrected chi connectivity index (χ0v) is 24.3. The van der Waals surface area contributed by atoms with Crippen LogP contribution in [0.2, 0.25) is 5.02 Å². The number of terminal acetylenes is 1. The molecule has 0 radical (unpaired) electrons. The van der Waals surface area contributed by atoms with Gasteiger partial charge in [0.25, 0.3) is 11.8 Å². The van der Waals surface area contributed by atoms with E-state index in [2.05, 4.69) is 31.7 Å². The van der Waals surface area contributed by atoms with Gasteiger partial charge >= 0.3 is 12.2 Å². The summed E-state index contributed by atoms with van der Waals surface area (Å²) in [5, 5.41) is 11.3. The van der Waals surface area contributed by atoms with Crippen molar-refractivity contribution in [1.29, 1.82) is 0 Å². The first-order valence-electron chi connectivity index (χ1n) is 13.7. The van der Waals surface area contributed by atoms with Gasteiger partial charge in [-0.15, -0.1) is 12.3 Å². The number of carbonyl (C=O) groups excluding carboxylic acids is 3. The third-order valence-electron chi connectivity index (χ3n) is 7.65. The van der Waals surface area contributed by atoms with Crippen LogP contribution in [0.25, 0.3) is 11.3 Å². The van der Waals surface area contributed by atoms with Crippen molar-refractivity contribution in [1.82, 2.24) is 34.9 Å². The first-order valence-corrected chi connectivity index (χ1v) is 14.1. The van der Waals surface area contributed by atoms with Crippen molar-refractivity contribution in [3.8, 4) is 23.6 Å². The maximum Gasteiger partial charge on any atom is 0.435 e. The molecule has 0 atom stereocenters. The molecule has 1 aliphatic carbocycles. The highest BCUT2D eigenvalue weighted by Crippen LogP contribution is 2.38. The fraction of sp³-hybridized carbons (Fsp3) is 0.393. The molecule has 1 saturated heterocycles. The van der Waals surface area contributed by atoms with Crippen LogP contribution in [0.1, 0.15) is 45.2 Å². The lowest BCUT2D eigenvalue weighted by Crippen LogP contribution is -2.57. The molecule has 0 bridgehead atoms. The molecule has 5 N–H and O–H groups in total. The van der Waals surface area contributed by atoms with E-state index in [1.165, 1.54) is 29.8 Å². The molecule has 3 heterocycles. The van der Waals surface area contributed by atoms with Crippen LogP contribution < -0.4 is 16.4 Å². The highest BCUT2D eigenvalue weighted by Gasteiger charge is 2.39. The Hall–Kier alpha value is -4.55. The number of piperazine rings is 1. The minimum atomic E-state index is -4.77. The Morgan fingerprint density at radius 2 is 1.86 bits per heavy atom. The molecule has 2 fully saturated rings. The third kappa shape index (κ3) is 6.22. The average molecular weight is 632 g/mol. The SMILES string of the molecule is C#CCc1[nH]nc(C(F)(F)F)c1-c1cnc(C(=O)Nc2ccc(C(=O)N3CCN(C(=O)NC4CC(N)C4)CC3)c(Cl)c2)n1C. The summed E-state index contributed by atoms with van der Waals surface area (Å²) in [7, 11) is 1.39. The number of imidazole rings is 1. The topological polar surface area (TPSA) is 154 Å². The zero-order chi connectivity index (χ0) is 31.8. The molecule has 16 heteroatoms. The Bertz CT molecular complexity index is 1630. The van der Waals surface area contributed by atoms with Crippen LogP contribution in [0.3, 0.4) is 0 Å². The molecule has 1 aromatic carbocycles. The second kappa shape index (κ2) is 12.2. The number of nitrogens with zero attached hydrogens (tertiary/aromatic N) is 5. The Morgan fingerprint density at radius 1 is 1.18 bits per heavy atom. The fourth-order valence-corrected chi connectivity index (χ4v) is 5.49. The van der Waals surface area contributed by atoms with Gasteiger partial charge in [0, 0.05) is 51.0 Å². The van der Waals surface area contributed by atoms with E-state index >= 15 is 0 Å². The Balaban J connectivity index is 1.23. The number of hydrogen-bond acceptors (Lipinski definition) is 6. The lowest BCUT2D eigenvalue weighted by Gasteiger charge is -2.38. The molecular formula is C28H29ClF3N9O3. The number of halogens is 4. The molecule has 0 spiro atoms. The summed E-state index contributed by atoms with van der Waals surface area (Å²) >= 11 is 6.42. The zero-order valence-electron chi connectivity index (χ0n) is 23.5. The normalized spacial score (nSPS) is 18.4. The number of urea groups is 1. The van der Waals surface area contributed by atoms with Crippen LogP contribution in [0.5, 0.6) is 0 Å². The number of carbonyl (C=O) groups is 3. The predicted molar refractivity (Wildman–Crippen MR) is 155 cm³/mol. The minimum absolute atomic E-state index is 0.00901. The van der Waals surface area contributed by atoms with E-state index in [-0.39, 0.29) is 69.5 Å². The third-order valence-corrected chi connectivity index (χ3v) is 7.96. The maximum absolute atomic E-state index is 13.6. The number of amides is 4. The smallest absolute Gasteiger partial charge is 0.335 e. The molecule has 2 aliphatic rings. The highest BCUT2D eigenvalue weighted by molar-refractivity contribution is 6.34. The van der Waals surface area contributed by atoms with E-state index in [4.69, 9.17) is 23.8 Å². The molecule has 44 heavy (non-hydrogen) atoms. The van der Waals surface area contributed by atoms with Crippen molar-refractivity contribution in [2.45, 2.75) is 37.5 Å². The van der Waals surface area contributed by atoms with E-state index in [1.807, 2.05) is 0 Å². The van der Waals surface area contributed by atoms with Gasteiger partial charge < -0.3 is 30.7 Å². The molecule has 1 saturated carbocycles. The van der Waals surface area contributed by atoms with Gasteiger partial charge in [0.15, 0.2) is 11.5 Å². The van der Waals surface area contributed by atoms with Crippen molar-refractivity contribution in [2.75, 3.05) is 31.5 Å². The molecule has 3 aromatic rings. The van der Waals surface area contributed by atoms with Crippen LogP contribution in [0.15, 0.2) is 24.4 Å². The van der Waals surface area contributed by atoms with Crippen molar-refractivity contribution >= 4 is 35.1 Å². The number of anilines is 1. The standard InChI is InChI=1S/C28H29ClF3N9O3/c1-3-4-20-22(23(38-37-20)28(30,31)32)21-14-34-24(39(21)2)25(42)35-16-5-6-18(19(29)13-16)26(43)40-7-9-41(10-8-40)27(44)36-17-11-15(33)12-17/h1,5-6,13-15,17H,4,7-12,33H2,2H3,(H,35,42)(H,36,44)(H,37,38). The van der Waals surface area contributed by atoms with E-state index < -0.39 is 17.8 Å². The molecule has 5 rings (SSSR count). The molecule has 0 unspecified atom stereocenters. The number of H-pyrrole nitrogens is 1. The van der Waals surface area contributed by atoms with Gasteiger partial charge in [0.2, 0.25) is 0 Å². The maximum atomic E-state index is 13.6. The van der Waals surface area contributed by atoms with E-state index in [1.54, 1.807) is 9.80 Å². The minimum Gasteiger partial charge on any atom is -0.335 e. The Kier molecular flexibility index (Phi) is 8.57. The van der Waals surface area contributed by atoms with Gasteiger partial charge in [0.05, 0.1) is 40.2 Å². The summed E-state index contributed by atoms with van der Waals surface area (Å²) in [6.45, 7) is 1.37. The highest BCUT2D eigenvalue weighted by atomic mass is 35.5. The molecule has 4 amide bonds. The molecule has 232 valence electrons. The average Bonchev–Trinajstić information content (AvgIpc) is 3.55. The van der Waals surface area contributed by atoms with Crippen LogP contribution in [-0.2, 0) is 19.6 Å². The summed E-state index contributed by atoms with van der Waals surface area (Å²) in [4.78, 5) is 46.0. The number of nitrogens with one attached hydrogen (secondary N) is 3. The molecule has 1 aliphatic heterocycles. The van der Waals surface area contributed by atoms with Crippen LogP contribution in [0.4, 0.5) is 23.7 Å². The number of benzene rings is 1. The summed E-state index contributed by atoms with van der Waals surface area (Å²) in [6.07, 6.45) is 3.04. The van der Waals surface area contributed by atoms with Crippen LogP contribution in [0, 0.1) is 12.3 Å². The largest absolute Gasteiger partial charge is 0.435 e. The van der Waals surface area contributed by atoms with Crippen LogP contribution >= 0.6 is 11.6 Å². The fourth-order valence-electron chi connectivity index (χ4n) is 5.22. The number of aromatic nitrogens is 4. The summed E-state index contributed by atoms with van der Waals surface area (Å²) < 4.78 is 42.1. The van der Waals surface area contributed by atoms with E-state index in [0.717, 1.165) is 19.0 Å². The Morgan fingerprint density at radius 3 is 2.48 bits per heavy atom.